The van der Waals surface area contributed by atoms with Gasteiger partial charge in [0.1, 0.15) is 11.9 Å². The number of aliphatic hydroxyl groups is 1. The zero-order valence-electron chi connectivity index (χ0n) is 9.82. The lowest BCUT2D eigenvalue weighted by molar-refractivity contribution is 0.144. The van der Waals surface area contributed by atoms with E-state index in [-0.39, 0.29) is 12.4 Å². The number of hydrogen-bond donors (Lipinski definition) is 1. The highest BCUT2D eigenvalue weighted by atomic mass is 35.5. The molecule has 0 fully saturated rings. The molecule has 0 amide bonds. The van der Waals surface area contributed by atoms with Crippen molar-refractivity contribution in [1.82, 2.24) is 20.2 Å². The summed E-state index contributed by atoms with van der Waals surface area (Å²) in [5.74, 6) is 1.39. The minimum Gasteiger partial charge on any atom is -0.497 e. The van der Waals surface area contributed by atoms with Gasteiger partial charge in [-0.1, -0.05) is 12.1 Å². The van der Waals surface area contributed by atoms with Crippen molar-refractivity contribution in [1.29, 1.82) is 0 Å². The molecule has 0 saturated heterocycles. The number of hydrogen-bond acceptors (Lipinski definition) is 5. The maximum atomic E-state index is 10.0. The van der Waals surface area contributed by atoms with Crippen molar-refractivity contribution < 1.29 is 9.84 Å². The Bertz CT molecular complexity index is 500. The Hall–Kier alpha value is -1.66. The van der Waals surface area contributed by atoms with Crippen molar-refractivity contribution in [2.24, 2.45) is 0 Å². The van der Waals surface area contributed by atoms with Gasteiger partial charge in [0, 0.05) is 0 Å². The molecule has 0 saturated carbocycles. The van der Waals surface area contributed by atoms with Gasteiger partial charge in [-0.25, -0.2) is 0 Å². The summed E-state index contributed by atoms with van der Waals surface area (Å²) in [6.45, 7) is 0.232. The Morgan fingerprint density at radius 3 is 2.67 bits per heavy atom. The third-order valence-electron chi connectivity index (χ3n) is 2.45. The molecule has 0 radical (unpaired) electrons. The Labute approximate surface area is 109 Å². The van der Waals surface area contributed by atoms with Crippen LogP contribution < -0.4 is 4.74 Å². The normalized spacial score (nSPS) is 12.4. The van der Waals surface area contributed by atoms with Gasteiger partial charge in [0.2, 0.25) is 0 Å². The molecule has 0 aliphatic rings. The number of aliphatic hydroxyl groups excluding tert-OH is 1. The van der Waals surface area contributed by atoms with Crippen LogP contribution >= 0.6 is 11.6 Å². The standard InChI is InChI=1S/C11H13ClN4O2/c1-18-9-4-2-8(3-5-9)10(17)7-16-14-11(6-12)13-15-16/h2-5,10,17H,6-7H2,1H3/t10-/m0/s1. The van der Waals surface area contributed by atoms with E-state index < -0.39 is 6.10 Å². The van der Waals surface area contributed by atoms with Crippen LogP contribution in [0.25, 0.3) is 0 Å². The summed E-state index contributed by atoms with van der Waals surface area (Å²) in [5.41, 5.74) is 0.764. The molecule has 7 heteroatoms. The maximum Gasteiger partial charge on any atom is 0.189 e. The lowest BCUT2D eigenvalue weighted by Gasteiger charge is -2.10. The van der Waals surface area contributed by atoms with E-state index in [2.05, 4.69) is 15.4 Å². The van der Waals surface area contributed by atoms with E-state index in [4.69, 9.17) is 16.3 Å². The number of nitrogens with zero attached hydrogens (tertiary/aromatic N) is 4. The quantitative estimate of drug-likeness (QED) is 0.824. The lowest BCUT2D eigenvalue weighted by Crippen LogP contribution is -2.11. The Morgan fingerprint density at radius 2 is 2.11 bits per heavy atom. The van der Waals surface area contributed by atoms with Crippen LogP contribution in [0.1, 0.15) is 17.5 Å². The molecule has 6 nitrogen and oxygen atoms in total. The van der Waals surface area contributed by atoms with Crippen LogP contribution in [0.4, 0.5) is 0 Å². The summed E-state index contributed by atoms with van der Waals surface area (Å²) in [6.07, 6.45) is -0.701. The number of methoxy groups -OCH3 is 1. The first-order valence-corrected chi connectivity index (χ1v) is 5.91. The summed E-state index contributed by atoms with van der Waals surface area (Å²) >= 11 is 5.57. The average molecular weight is 269 g/mol. The third-order valence-corrected chi connectivity index (χ3v) is 2.69. The largest absolute Gasteiger partial charge is 0.497 e. The van der Waals surface area contributed by atoms with Crippen molar-refractivity contribution in [3.63, 3.8) is 0 Å². The van der Waals surface area contributed by atoms with Gasteiger partial charge in [-0.05, 0) is 22.9 Å². The van der Waals surface area contributed by atoms with Crippen molar-refractivity contribution >= 4 is 11.6 Å². The Kier molecular flexibility index (Phi) is 4.11. The van der Waals surface area contributed by atoms with Crippen LogP contribution in [0.2, 0.25) is 0 Å². The van der Waals surface area contributed by atoms with Gasteiger partial charge < -0.3 is 9.84 Å². The van der Waals surface area contributed by atoms with Gasteiger partial charge in [-0.2, -0.15) is 4.80 Å². The topological polar surface area (TPSA) is 73.1 Å². The third kappa shape index (κ3) is 2.96. The van der Waals surface area contributed by atoms with E-state index in [1.54, 1.807) is 31.4 Å². The molecule has 1 atom stereocenters. The summed E-state index contributed by atoms with van der Waals surface area (Å²) in [4.78, 5) is 1.33. The number of ether oxygens (including phenoxy) is 1. The van der Waals surface area contributed by atoms with Crippen LogP contribution in [0, 0.1) is 0 Å². The van der Waals surface area contributed by atoms with E-state index in [9.17, 15) is 5.11 Å². The minimum absolute atomic E-state index is 0.207. The number of halogens is 1. The number of alkyl halides is 1. The van der Waals surface area contributed by atoms with E-state index in [0.717, 1.165) is 11.3 Å². The lowest BCUT2D eigenvalue weighted by atomic mass is 10.1. The molecular formula is C11H13ClN4O2. The highest BCUT2D eigenvalue weighted by Crippen LogP contribution is 2.18. The molecule has 0 spiro atoms. The first-order chi connectivity index (χ1) is 8.72. The van der Waals surface area contributed by atoms with Gasteiger partial charge in [-0.15, -0.1) is 21.8 Å². The second kappa shape index (κ2) is 5.79. The maximum absolute atomic E-state index is 10.0. The van der Waals surface area contributed by atoms with Crippen LogP contribution in [0.3, 0.4) is 0 Å². The molecule has 0 unspecified atom stereocenters. The average Bonchev–Trinajstić information content (AvgIpc) is 2.86. The number of aromatic nitrogens is 4. The first-order valence-electron chi connectivity index (χ1n) is 5.37. The summed E-state index contributed by atoms with van der Waals surface area (Å²) in [7, 11) is 1.60. The monoisotopic (exact) mass is 268 g/mol. The van der Waals surface area contributed by atoms with E-state index >= 15 is 0 Å². The molecule has 18 heavy (non-hydrogen) atoms. The van der Waals surface area contributed by atoms with E-state index in [1.165, 1.54) is 4.80 Å². The van der Waals surface area contributed by atoms with Crippen molar-refractivity contribution in [2.45, 2.75) is 18.5 Å². The molecule has 96 valence electrons. The molecule has 2 aromatic rings. The van der Waals surface area contributed by atoms with E-state index in [0.29, 0.717) is 5.82 Å². The molecule has 1 N–H and O–H groups in total. The molecule has 0 bridgehead atoms. The van der Waals surface area contributed by atoms with Crippen LogP contribution in [-0.4, -0.2) is 32.4 Å². The highest BCUT2D eigenvalue weighted by molar-refractivity contribution is 6.16. The zero-order valence-corrected chi connectivity index (χ0v) is 10.6. The first kappa shape index (κ1) is 12.8. The number of benzene rings is 1. The SMILES string of the molecule is COc1ccc([C@@H](O)Cn2nnc(CCl)n2)cc1. The fourth-order valence-electron chi connectivity index (χ4n) is 1.49. The molecular weight excluding hydrogens is 256 g/mol. The van der Waals surface area contributed by atoms with E-state index in [1.807, 2.05) is 0 Å². The highest BCUT2D eigenvalue weighted by Gasteiger charge is 2.11. The fourth-order valence-corrected chi connectivity index (χ4v) is 1.60. The fraction of sp³-hybridized carbons (Fsp3) is 0.364. The van der Waals surface area contributed by atoms with Crippen LogP contribution in [-0.2, 0) is 12.4 Å². The summed E-state index contributed by atoms with van der Waals surface area (Å²) in [6, 6.07) is 7.17. The van der Waals surface area contributed by atoms with Crippen molar-refractivity contribution in [2.75, 3.05) is 7.11 Å². The molecule has 0 aliphatic heterocycles. The predicted octanol–water partition coefficient (Wildman–Crippen LogP) is 1.15. The zero-order chi connectivity index (χ0) is 13.0. The van der Waals surface area contributed by atoms with Crippen molar-refractivity contribution in [3.05, 3.63) is 35.7 Å². The Balaban J connectivity index is 2.03. The van der Waals surface area contributed by atoms with Gasteiger partial charge in [0.05, 0.1) is 19.5 Å². The Morgan fingerprint density at radius 1 is 1.39 bits per heavy atom. The molecule has 1 aromatic heterocycles. The second-order valence-corrected chi connectivity index (χ2v) is 3.95. The predicted molar refractivity (Wildman–Crippen MR) is 65.3 cm³/mol. The van der Waals surface area contributed by atoms with Gasteiger partial charge in [0.15, 0.2) is 5.82 Å². The van der Waals surface area contributed by atoms with Crippen LogP contribution in [0.5, 0.6) is 5.75 Å². The smallest absolute Gasteiger partial charge is 0.189 e. The second-order valence-electron chi connectivity index (χ2n) is 3.68. The summed E-state index contributed by atoms with van der Waals surface area (Å²) < 4.78 is 5.05. The minimum atomic E-state index is -0.701. The van der Waals surface area contributed by atoms with Crippen molar-refractivity contribution in [3.8, 4) is 5.75 Å². The van der Waals surface area contributed by atoms with Gasteiger partial charge in [0.25, 0.3) is 0 Å². The van der Waals surface area contributed by atoms with Gasteiger partial charge in [-0.3, -0.25) is 0 Å². The number of rotatable bonds is 5. The molecule has 1 aromatic carbocycles. The molecule has 2 rings (SSSR count). The molecule has 1 heterocycles. The van der Waals surface area contributed by atoms with Crippen LogP contribution in [0.15, 0.2) is 24.3 Å². The van der Waals surface area contributed by atoms with Gasteiger partial charge >= 0.3 is 0 Å². The number of tetrazole rings is 1. The summed E-state index contributed by atoms with van der Waals surface area (Å²) in [5, 5.41) is 21.5. The molecule has 0 aliphatic carbocycles.